The van der Waals surface area contributed by atoms with Crippen molar-refractivity contribution in [1.29, 1.82) is 5.26 Å². The molecule has 1 amide bonds. The first kappa shape index (κ1) is 24.1. The maximum Gasteiger partial charge on any atom is 0.255 e. The fourth-order valence-electron chi connectivity index (χ4n) is 4.30. The van der Waals surface area contributed by atoms with E-state index in [1.807, 2.05) is 33.9 Å². The lowest BCUT2D eigenvalue weighted by Crippen LogP contribution is -2.48. The largest absolute Gasteiger partial charge is 0.437 e. The van der Waals surface area contributed by atoms with E-state index < -0.39 is 0 Å². The number of nitriles is 1. The zero-order valence-corrected chi connectivity index (χ0v) is 21.0. The average molecular weight is 499 g/mol. The van der Waals surface area contributed by atoms with Crippen LogP contribution in [0, 0.1) is 18.3 Å². The van der Waals surface area contributed by atoms with Gasteiger partial charge in [0, 0.05) is 32.4 Å². The number of amides is 1. The van der Waals surface area contributed by atoms with Gasteiger partial charge in [-0.2, -0.15) is 10.2 Å². The molecule has 1 fully saturated rings. The minimum absolute atomic E-state index is 0.00525. The Morgan fingerprint density at radius 2 is 1.95 bits per heavy atom. The second-order valence-electron chi connectivity index (χ2n) is 9.11. The maximum absolute atomic E-state index is 13.0. The second-order valence-corrected chi connectivity index (χ2v) is 9.11. The van der Waals surface area contributed by atoms with Gasteiger partial charge in [0.05, 0.1) is 36.0 Å². The molecule has 0 spiro atoms. The number of hydrogen-bond donors (Lipinski definition) is 1. The standard InChI is InChI=1S/C26H26N8O3/c1-15-7-19(9-27)28-11-21(15)37-23-8-20(24-25(32-23)33(4)14-30-24)31-22-6-5-18(10-29-22)26(35)34-12-16(2)36-17(3)13-34/h5-8,10-11,14,16-17H,12-13H2,1-4H3,(H,29,31,32). The summed E-state index contributed by atoms with van der Waals surface area (Å²) in [5, 5.41) is 12.3. The highest BCUT2D eigenvalue weighted by atomic mass is 16.5. The molecule has 1 aliphatic rings. The van der Waals surface area contributed by atoms with Gasteiger partial charge in [-0.25, -0.2) is 15.0 Å². The quantitative estimate of drug-likeness (QED) is 0.437. The number of aromatic nitrogens is 5. The van der Waals surface area contributed by atoms with Crippen molar-refractivity contribution in [1.82, 2.24) is 29.4 Å². The number of carbonyl (C=O) groups is 1. The summed E-state index contributed by atoms with van der Waals surface area (Å²) in [6.45, 7) is 6.87. The number of rotatable bonds is 5. The van der Waals surface area contributed by atoms with Crippen molar-refractivity contribution in [3.05, 3.63) is 59.8 Å². The van der Waals surface area contributed by atoms with Gasteiger partial charge >= 0.3 is 0 Å². The van der Waals surface area contributed by atoms with Gasteiger partial charge in [-0.1, -0.05) is 0 Å². The third-order valence-electron chi connectivity index (χ3n) is 6.02. The minimum Gasteiger partial charge on any atom is -0.437 e. The fourth-order valence-corrected chi connectivity index (χ4v) is 4.30. The number of pyridine rings is 3. The third-order valence-corrected chi connectivity index (χ3v) is 6.02. The zero-order valence-electron chi connectivity index (χ0n) is 21.0. The summed E-state index contributed by atoms with van der Waals surface area (Å²) < 4.78 is 13.5. The molecule has 2 unspecified atom stereocenters. The molecule has 188 valence electrons. The van der Waals surface area contributed by atoms with Crippen molar-refractivity contribution in [2.75, 3.05) is 18.4 Å². The van der Waals surface area contributed by atoms with Crippen LogP contribution in [0.25, 0.3) is 11.2 Å². The molecule has 0 aromatic carbocycles. The van der Waals surface area contributed by atoms with Crippen LogP contribution in [0.2, 0.25) is 0 Å². The van der Waals surface area contributed by atoms with Crippen LogP contribution in [-0.4, -0.2) is 60.6 Å². The molecule has 0 saturated carbocycles. The van der Waals surface area contributed by atoms with Crippen molar-refractivity contribution < 1.29 is 14.3 Å². The predicted octanol–water partition coefficient (Wildman–Crippen LogP) is 3.72. The van der Waals surface area contributed by atoms with E-state index in [1.165, 1.54) is 6.20 Å². The number of nitrogens with zero attached hydrogens (tertiary/aromatic N) is 7. The molecule has 11 heteroatoms. The van der Waals surface area contributed by atoms with E-state index in [0.29, 0.717) is 58.6 Å². The summed E-state index contributed by atoms with van der Waals surface area (Å²) in [4.78, 5) is 32.4. The van der Waals surface area contributed by atoms with E-state index in [1.54, 1.807) is 46.3 Å². The van der Waals surface area contributed by atoms with E-state index >= 15 is 0 Å². The lowest BCUT2D eigenvalue weighted by molar-refractivity contribution is -0.0586. The van der Waals surface area contributed by atoms with Crippen LogP contribution in [0.15, 0.2) is 43.0 Å². The number of imidazole rings is 1. The Kier molecular flexibility index (Phi) is 6.42. The Bertz CT molecular complexity index is 1500. The first-order chi connectivity index (χ1) is 17.8. The summed E-state index contributed by atoms with van der Waals surface area (Å²) in [6.07, 6.45) is 4.73. The number of morpholine rings is 1. The average Bonchev–Trinajstić information content (AvgIpc) is 3.25. The lowest BCUT2D eigenvalue weighted by Gasteiger charge is -2.35. The Balaban J connectivity index is 1.39. The molecule has 5 heterocycles. The second kappa shape index (κ2) is 9.83. The molecule has 2 atom stereocenters. The van der Waals surface area contributed by atoms with Crippen LogP contribution in [0.4, 0.5) is 11.5 Å². The predicted molar refractivity (Wildman–Crippen MR) is 136 cm³/mol. The van der Waals surface area contributed by atoms with Gasteiger partial charge in [0.2, 0.25) is 5.88 Å². The molecule has 5 rings (SSSR count). The molecule has 1 aliphatic heterocycles. The van der Waals surface area contributed by atoms with Crippen LogP contribution in [0.3, 0.4) is 0 Å². The number of fused-ring (bicyclic) bond motifs is 1. The molecular formula is C26H26N8O3. The Morgan fingerprint density at radius 1 is 1.16 bits per heavy atom. The van der Waals surface area contributed by atoms with Crippen molar-refractivity contribution in [2.24, 2.45) is 7.05 Å². The summed E-state index contributed by atoms with van der Waals surface area (Å²) >= 11 is 0. The Hall–Kier alpha value is -4.56. The van der Waals surface area contributed by atoms with E-state index in [-0.39, 0.29) is 18.1 Å². The van der Waals surface area contributed by atoms with E-state index in [0.717, 1.165) is 5.56 Å². The summed E-state index contributed by atoms with van der Waals surface area (Å²) in [7, 11) is 1.84. The molecular weight excluding hydrogens is 472 g/mol. The first-order valence-electron chi connectivity index (χ1n) is 11.8. The number of hydrogen-bond acceptors (Lipinski definition) is 9. The van der Waals surface area contributed by atoms with Crippen LogP contribution in [0.1, 0.15) is 35.5 Å². The molecule has 37 heavy (non-hydrogen) atoms. The number of nitrogens with one attached hydrogen (secondary N) is 1. The van der Waals surface area contributed by atoms with Gasteiger partial charge in [0.1, 0.15) is 23.1 Å². The van der Waals surface area contributed by atoms with Gasteiger partial charge in [-0.3, -0.25) is 4.79 Å². The number of anilines is 2. The van der Waals surface area contributed by atoms with Gasteiger partial charge in [-0.15, -0.1) is 0 Å². The Labute approximate surface area is 213 Å². The summed E-state index contributed by atoms with van der Waals surface area (Å²) in [6, 6.07) is 8.91. The van der Waals surface area contributed by atoms with Crippen LogP contribution < -0.4 is 10.1 Å². The highest BCUT2D eigenvalue weighted by Gasteiger charge is 2.26. The zero-order chi connectivity index (χ0) is 26.1. The fraction of sp³-hybridized carbons (Fsp3) is 0.308. The Morgan fingerprint density at radius 3 is 2.62 bits per heavy atom. The molecule has 11 nitrogen and oxygen atoms in total. The molecule has 4 aromatic rings. The van der Waals surface area contributed by atoms with Crippen LogP contribution in [-0.2, 0) is 11.8 Å². The van der Waals surface area contributed by atoms with Gasteiger partial charge in [0.15, 0.2) is 11.4 Å². The highest BCUT2D eigenvalue weighted by molar-refractivity contribution is 5.94. The highest BCUT2D eigenvalue weighted by Crippen LogP contribution is 2.31. The topological polar surface area (TPSA) is 131 Å². The van der Waals surface area contributed by atoms with Crippen LogP contribution >= 0.6 is 0 Å². The molecule has 0 bridgehead atoms. The molecule has 0 aliphatic carbocycles. The van der Waals surface area contributed by atoms with E-state index in [9.17, 15) is 4.79 Å². The van der Waals surface area contributed by atoms with Crippen LogP contribution in [0.5, 0.6) is 11.6 Å². The smallest absolute Gasteiger partial charge is 0.255 e. The molecule has 1 N–H and O–H groups in total. The third kappa shape index (κ3) is 5.05. The van der Waals surface area contributed by atoms with E-state index in [2.05, 4.69) is 25.3 Å². The monoisotopic (exact) mass is 498 g/mol. The van der Waals surface area contributed by atoms with Gasteiger partial charge < -0.3 is 24.3 Å². The maximum atomic E-state index is 13.0. The number of carbonyl (C=O) groups excluding carboxylic acids is 1. The first-order valence-corrected chi connectivity index (χ1v) is 11.8. The SMILES string of the molecule is Cc1cc(C#N)ncc1Oc1cc(Nc2ccc(C(=O)N3CC(C)OC(C)C3)cn2)c2ncn(C)c2n1. The minimum atomic E-state index is -0.0702. The normalized spacial score (nSPS) is 17.4. The lowest BCUT2D eigenvalue weighted by atomic mass is 10.2. The molecule has 1 saturated heterocycles. The van der Waals surface area contributed by atoms with Crippen molar-refractivity contribution >= 4 is 28.6 Å². The number of aryl methyl sites for hydroxylation is 2. The molecule has 0 radical (unpaired) electrons. The number of ether oxygens (including phenoxy) is 2. The molecule has 4 aromatic heterocycles. The van der Waals surface area contributed by atoms with Gasteiger partial charge in [-0.05, 0) is 44.5 Å². The van der Waals surface area contributed by atoms with Crippen molar-refractivity contribution in [3.8, 4) is 17.7 Å². The summed E-state index contributed by atoms with van der Waals surface area (Å²) in [5.74, 6) is 1.29. The van der Waals surface area contributed by atoms with Gasteiger partial charge in [0.25, 0.3) is 5.91 Å². The summed E-state index contributed by atoms with van der Waals surface area (Å²) in [5.41, 5.74) is 3.48. The van der Waals surface area contributed by atoms with Crippen molar-refractivity contribution in [3.63, 3.8) is 0 Å². The van der Waals surface area contributed by atoms with Crippen molar-refractivity contribution in [2.45, 2.75) is 33.0 Å². The van der Waals surface area contributed by atoms with E-state index in [4.69, 9.17) is 14.7 Å².